The fraction of sp³-hybridized carbons (Fsp3) is 0.333. The van der Waals surface area contributed by atoms with E-state index >= 15 is 0 Å². The molecule has 0 fully saturated rings. The lowest BCUT2D eigenvalue weighted by atomic mass is 10.2. The molecule has 0 saturated heterocycles. The van der Waals surface area contributed by atoms with E-state index in [9.17, 15) is 5.11 Å². The van der Waals surface area contributed by atoms with E-state index in [-0.39, 0.29) is 5.75 Å². The van der Waals surface area contributed by atoms with Gasteiger partial charge in [0.05, 0.1) is 5.69 Å². The maximum absolute atomic E-state index is 9.18. The molecule has 0 heterocycles. The van der Waals surface area contributed by atoms with Gasteiger partial charge in [-0.25, -0.2) is 0 Å². The second-order valence-electron chi connectivity index (χ2n) is 2.11. The summed E-state index contributed by atoms with van der Waals surface area (Å²) in [6.45, 7) is 5.72. The lowest BCUT2D eigenvalue weighted by molar-refractivity contribution is 0.474. The predicted octanol–water partition coefficient (Wildman–Crippen LogP) is 2.96. The van der Waals surface area contributed by atoms with E-state index in [0.717, 1.165) is 0 Å². The number of halogens is 1. The fourth-order valence-electron chi connectivity index (χ4n) is 0.696. The van der Waals surface area contributed by atoms with Gasteiger partial charge in [-0.3, -0.25) is 0 Å². The number of nitrogens with two attached hydrogens (primary N) is 1. The highest BCUT2D eigenvalue weighted by Gasteiger charge is 2.02. The molecule has 0 bridgehead atoms. The van der Waals surface area contributed by atoms with E-state index in [1.807, 2.05) is 13.8 Å². The second-order valence-corrected chi connectivity index (χ2v) is 2.52. The highest BCUT2D eigenvalue weighted by Crippen LogP contribution is 2.29. The highest BCUT2D eigenvalue weighted by molar-refractivity contribution is 6.31. The van der Waals surface area contributed by atoms with E-state index in [1.54, 1.807) is 19.1 Å². The Hall–Kier alpha value is -0.890. The maximum atomic E-state index is 9.18. The van der Waals surface area contributed by atoms with Crippen LogP contribution in [0.15, 0.2) is 12.1 Å². The molecule has 68 valence electrons. The molecule has 3 heteroatoms. The van der Waals surface area contributed by atoms with Crippen LogP contribution in [0.2, 0.25) is 5.02 Å². The number of hydrogen-bond acceptors (Lipinski definition) is 2. The van der Waals surface area contributed by atoms with Gasteiger partial charge in [-0.15, -0.1) is 0 Å². The number of phenols is 1. The summed E-state index contributed by atoms with van der Waals surface area (Å²) in [5.74, 6) is 0.0764. The average Bonchev–Trinajstić information content (AvgIpc) is 2.12. The van der Waals surface area contributed by atoms with Crippen molar-refractivity contribution in [2.75, 3.05) is 5.73 Å². The van der Waals surface area contributed by atoms with Crippen molar-refractivity contribution in [3.05, 3.63) is 22.7 Å². The number of rotatable bonds is 0. The van der Waals surface area contributed by atoms with Gasteiger partial charge in [0.1, 0.15) is 5.75 Å². The first-order chi connectivity index (χ1) is 5.63. The molecule has 0 amide bonds. The summed E-state index contributed by atoms with van der Waals surface area (Å²) < 4.78 is 0. The van der Waals surface area contributed by atoms with E-state index in [2.05, 4.69) is 0 Å². The van der Waals surface area contributed by atoms with Crippen LogP contribution in [0.3, 0.4) is 0 Å². The second kappa shape index (κ2) is 4.88. The first-order valence-corrected chi connectivity index (χ1v) is 4.24. The zero-order valence-corrected chi connectivity index (χ0v) is 8.31. The summed E-state index contributed by atoms with van der Waals surface area (Å²) in [6.07, 6.45) is 0. The first-order valence-electron chi connectivity index (χ1n) is 3.86. The van der Waals surface area contributed by atoms with Crippen molar-refractivity contribution in [2.24, 2.45) is 0 Å². The first kappa shape index (κ1) is 11.1. The van der Waals surface area contributed by atoms with Crippen LogP contribution in [0.1, 0.15) is 19.4 Å². The van der Waals surface area contributed by atoms with Crippen LogP contribution in [-0.4, -0.2) is 5.11 Å². The van der Waals surface area contributed by atoms with Gasteiger partial charge in [0, 0.05) is 10.6 Å². The maximum Gasteiger partial charge on any atom is 0.142 e. The Balaban J connectivity index is 0.000000561. The monoisotopic (exact) mass is 187 g/mol. The average molecular weight is 188 g/mol. The molecule has 0 aliphatic carbocycles. The van der Waals surface area contributed by atoms with Crippen LogP contribution in [0, 0.1) is 6.92 Å². The zero-order valence-electron chi connectivity index (χ0n) is 7.56. The van der Waals surface area contributed by atoms with E-state index < -0.39 is 0 Å². The van der Waals surface area contributed by atoms with E-state index in [0.29, 0.717) is 16.3 Å². The minimum atomic E-state index is 0.0764. The van der Waals surface area contributed by atoms with Crippen molar-refractivity contribution >= 4 is 17.3 Å². The highest BCUT2D eigenvalue weighted by atomic mass is 35.5. The van der Waals surface area contributed by atoms with Gasteiger partial charge in [0.2, 0.25) is 0 Å². The Morgan fingerprint density at radius 2 is 1.83 bits per heavy atom. The Bertz CT molecular complexity index is 234. The van der Waals surface area contributed by atoms with Crippen molar-refractivity contribution in [1.82, 2.24) is 0 Å². The van der Waals surface area contributed by atoms with Gasteiger partial charge in [-0.2, -0.15) is 0 Å². The Labute approximate surface area is 78.0 Å². The lowest BCUT2D eigenvalue weighted by Gasteiger charge is -2.02. The molecule has 0 radical (unpaired) electrons. The molecule has 0 aliphatic heterocycles. The number of anilines is 1. The van der Waals surface area contributed by atoms with Crippen molar-refractivity contribution in [3.8, 4) is 5.75 Å². The van der Waals surface area contributed by atoms with Gasteiger partial charge in [-0.05, 0) is 19.1 Å². The van der Waals surface area contributed by atoms with Gasteiger partial charge < -0.3 is 10.8 Å². The molecule has 0 spiro atoms. The zero-order chi connectivity index (χ0) is 9.72. The number of phenolic OH excluding ortho intramolecular Hbond substituents is 1. The molecule has 1 aromatic rings. The number of aromatic hydroxyl groups is 1. The largest absolute Gasteiger partial charge is 0.505 e. The van der Waals surface area contributed by atoms with Crippen molar-refractivity contribution in [3.63, 3.8) is 0 Å². The lowest BCUT2D eigenvalue weighted by Crippen LogP contribution is -1.87. The molecule has 2 nitrogen and oxygen atoms in total. The number of nitrogen functional groups attached to an aromatic ring is 1. The third kappa shape index (κ3) is 2.31. The molecule has 12 heavy (non-hydrogen) atoms. The van der Waals surface area contributed by atoms with Crippen molar-refractivity contribution in [1.29, 1.82) is 0 Å². The predicted molar refractivity (Wildman–Crippen MR) is 53.6 cm³/mol. The molecule has 0 saturated carbocycles. The molecule has 0 atom stereocenters. The van der Waals surface area contributed by atoms with Crippen LogP contribution in [0.4, 0.5) is 5.69 Å². The number of hydrogen-bond donors (Lipinski definition) is 2. The Morgan fingerprint density at radius 3 is 2.25 bits per heavy atom. The normalized spacial score (nSPS) is 8.67. The van der Waals surface area contributed by atoms with Gasteiger partial charge in [0.15, 0.2) is 0 Å². The third-order valence-electron chi connectivity index (χ3n) is 1.40. The Morgan fingerprint density at radius 1 is 1.33 bits per heavy atom. The molecular formula is C9H14ClNO. The summed E-state index contributed by atoms with van der Waals surface area (Å²) in [5.41, 5.74) is 6.37. The fourth-order valence-corrected chi connectivity index (χ4v) is 0.849. The minimum Gasteiger partial charge on any atom is -0.505 e. The van der Waals surface area contributed by atoms with Crippen LogP contribution >= 0.6 is 11.6 Å². The summed E-state index contributed by atoms with van der Waals surface area (Å²) in [5, 5.41) is 9.71. The Kier molecular flexibility index (Phi) is 4.52. The molecule has 0 aromatic heterocycles. The molecular weight excluding hydrogens is 174 g/mol. The van der Waals surface area contributed by atoms with E-state index in [1.165, 1.54) is 0 Å². The van der Waals surface area contributed by atoms with Crippen molar-refractivity contribution in [2.45, 2.75) is 20.8 Å². The summed E-state index contributed by atoms with van der Waals surface area (Å²) in [7, 11) is 0. The SMILES string of the molecule is CC.Cc1c(Cl)ccc(N)c1O. The quantitative estimate of drug-likeness (QED) is 0.485. The van der Waals surface area contributed by atoms with Gasteiger partial charge in [0.25, 0.3) is 0 Å². The molecule has 3 N–H and O–H groups in total. The third-order valence-corrected chi connectivity index (χ3v) is 1.81. The van der Waals surface area contributed by atoms with Crippen molar-refractivity contribution < 1.29 is 5.11 Å². The summed E-state index contributed by atoms with van der Waals surface area (Å²) >= 11 is 5.67. The van der Waals surface area contributed by atoms with Crippen LogP contribution in [0.25, 0.3) is 0 Å². The van der Waals surface area contributed by atoms with Crippen LogP contribution in [0.5, 0.6) is 5.75 Å². The van der Waals surface area contributed by atoms with Crippen LogP contribution in [-0.2, 0) is 0 Å². The van der Waals surface area contributed by atoms with Crippen LogP contribution < -0.4 is 5.73 Å². The van der Waals surface area contributed by atoms with Gasteiger partial charge >= 0.3 is 0 Å². The van der Waals surface area contributed by atoms with E-state index in [4.69, 9.17) is 17.3 Å². The molecule has 0 unspecified atom stereocenters. The molecule has 0 aliphatic rings. The summed E-state index contributed by atoms with van der Waals surface area (Å²) in [4.78, 5) is 0. The molecule has 1 aromatic carbocycles. The minimum absolute atomic E-state index is 0.0764. The van der Waals surface area contributed by atoms with Gasteiger partial charge in [-0.1, -0.05) is 25.4 Å². The summed E-state index contributed by atoms with van der Waals surface area (Å²) in [6, 6.07) is 3.23. The topological polar surface area (TPSA) is 46.2 Å². The smallest absolute Gasteiger partial charge is 0.142 e. The number of benzene rings is 1. The standard InChI is InChI=1S/C7H8ClNO.C2H6/c1-4-5(8)2-3-6(9)7(4)10;1-2/h2-3,10H,9H2,1H3;1-2H3. The molecule has 1 rings (SSSR count).